The van der Waals surface area contributed by atoms with Gasteiger partial charge in [-0.1, -0.05) is 18.2 Å². The van der Waals surface area contributed by atoms with E-state index < -0.39 is 0 Å². The first-order chi connectivity index (χ1) is 10.7. The summed E-state index contributed by atoms with van der Waals surface area (Å²) in [5.74, 6) is -0.392. The lowest BCUT2D eigenvalue weighted by molar-refractivity contribution is 0.102. The van der Waals surface area contributed by atoms with Crippen LogP contribution < -0.4 is 5.32 Å². The molecule has 2 aromatic heterocycles. The summed E-state index contributed by atoms with van der Waals surface area (Å²) in [6.07, 6.45) is 0. The molecule has 0 unspecified atom stereocenters. The van der Waals surface area contributed by atoms with Gasteiger partial charge in [0.2, 0.25) is 5.95 Å². The minimum Gasteiger partial charge on any atom is -0.350 e. The number of nitrogens with one attached hydrogen (secondary N) is 3. The van der Waals surface area contributed by atoms with Crippen molar-refractivity contribution >= 4 is 33.8 Å². The molecule has 0 bridgehead atoms. The molecule has 108 valence electrons. The largest absolute Gasteiger partial charge is 0.350 e. The SMILES string of the molecule is O=C(Nc1nc2ccccc2[nH]1)c1cc2c(F)cccc2[nH]1. The summed E-state index contributed by atoms with van der Waals surface area (Å²) in [6.45, 7) is 0. The molecular weight excluding hydrogens is 283 g/mol. The van der Waals surface area contributed by atoms with Crippen molar-refractivity contribution in [1.82, 2.24) is 15.0 Å². The number of carbonyl (C=O) groups is 1. The van der Waals surface area contributed by atoms with Gasteiger partial charge in [0.05, 0.1) is 11.0 Å². The summed E-state index contributed by atoms with van der Waals surface area (Å²) in [7, 11) is 0. The van der Waals surface area contributed by atoms with Crippen molar-refractivity contribution in [3.05, 3.63) is 60.0 Å². The number of imidazole rings is 1. The van der Waals surface area contributed by atoms with Gasteiger partial charge in [-0.15, -0.1) is 0 Å². The van der Waals surface area contributed by atoms with Crippen molar-refractivity contribution in [2.24, 2.45) is 0 Å². The summed E-state index contributed by atoms with van der Waals surface area (Å²) >= 11 is 0. The fourth-order valence-electron chi connectivity index (χ4n) is 2.43. The van der Waals surface area contributed by atoms with Crippen LogP contribution in [0.25, 0.3) is 21.9 Å². The van der Waals surface area contributed by atoms with Crippen LogP contribution in [0.1, 0.15) is 10.5 Å². The van der Waals surface area contributed by atoms with Crippen LogP contribution in [0.5, 0.6) is 0 Å². The van der Waals surface area contributed by atoms with E-state index in [1.165, 1.54) is 12.1 Å². The zero-order chi connectivity index (χ0) is 15.1. The number of hydrogen-bond donors (Lipinski definition) is 3. The van der Waals surface area contributed by atoms with Crippen LogP contribution in [0.3, 0.4) is 0 Å². The lowest BCUT2D eigenvalue weighted by atomic mass is 10.2. The molecule has 0 aliphatic heterocycles. The number of aromatic nitrogens is 3. The van der Waals surface area contributed by atoms with Gasteiger partial charge in [-0.3, -0.25) is 10.1 Å². The lowest BCUT2D eigenvalue weighted by Gasteiger charge is -1.98. The summed E-state index contributed by atoms with van der Waals surface area (Å²) in [5.41, 5.74) is 2.45. The molecule has 5 nitrogen and oxygen atoms in total. The van der Waals surface area contributed by atoms with Gasteiger partial charge in [-0.05, 0) is 30.3 Å². The second-order valence-electron chi connectivity index (χ2n) is 4.94. The number of aromatic amines is 2. The van der Waals surface area contributed by atoms with Crippen LogP contribution in [0.4, 0.5) is 10.3 Å². The van der Waals surface area contributed by atoms with Gasteiger partial charge < -0.3 is 9.97 Å². The molecule has 6 heteroatoms. The molecular formula is C16H11FN4O. The Balaban J connectivity index is 1.66. The topological polar surface area (TPSA) is 73.6 Å². The van der Waals surface area contributed by atoms with Gasteiger partial charge in [-0.25, -0.2) is 9.37 Å². The Hall–Kier alpha value is -3.15. The van der Waals surface area contributed by atoms with Crippen LogP contribution in [-0.4, -0.2) is 20.9 Å². The third kappa shape index (κ3) is 2.01. The number of halogens is 1. The first-order valence-corrected chi connectivity index (χ1v) is 6.74. The van der Waals surface area contributed by atoms with Crippen molar-refractivity contribution in [3.8, 4) is 0 Å². The summed E-state index contributed by atoms with van der Waals surface area (Å²) in [4.78, 5) is 22.4. The van der Waals surface area contributed by atoms with Crippen molar-refractivity contribution < 1.29 is 9.18 Å². The number of para-hydroxylation sites is 2. The number of H-pyrrole nitrogens is 2. The highest BCUT2D eigenvalue weighted by molar-refractivity contribution is 6.05. The zero-order valence-electron chi connectivity index (χ0n) is 11.4. The molecule has 0 fully saturated rings. The third-order valence-electron chi connectivity index (χ3n) is 3.48. The first kappa shape index (κ1) is 12.6. The second kappa shape index (κ2) is 4.70. The molecule has 2 aromatic carbocycles. The predicted molar refractivity (Wildman–Crippen MR) is 82.3 cm³/mol. The predicted octanol–water partition coefficient (Wildman–Crippen LogP) is 3.44. The molecule has 0 aliphatic rings. The maximum atomic E-state index is 13.7. The number of anilines is 1. The number of amides is 1. The monoisotopic (exact) mass is 294 g/mol. The fourth-order valence-corrected chi connectivity index (χ4v) is 2.43. The van der Waals surface area contributed by atoms with Gasteiger partial charge in [0.15, 0.2) is 0 Å². The quantitative estimate of drug-likeness (QED) is 0.530. The minimum absolute atomic E-state index is 0.278. The summed E-state index contributed by atoms with van der Waals surface area (Å²) in [6, 6.07) is 13.6. The van der Waals surface area contributed by atoms with E-state index in [9.17, 15) is 9.18 Å². The van der Waals surface area contributed by atoms with Gasteiger partial charge in [0, 0.05) is 10.9 Å². The fraction of sp³-hybridized carbons (Fsp3) is 0. The number of hydrogen-bond acceptors (Lipinski definition) is 2. The molecule has 2 heterocycles. The van der Waals surface area contributed by atoms with Gasteiger partial charge >= 0.3 is 0 Å². The van der Waals surface area contributed by atoms with Gasteiger partial charge in [0.25, 0.3) is 5.91 Å². The summed E-state index contributed by atoms with van der Waals surface area (Å²) in [5, 5.41) is 3.06. The minimum atomic E-state index is -0.380. The van der Waals surface area contributed by atoms with E-state index in [2.05, 4.69) is 20.3 Å². The molecule has 0 radical (unpaired) electrons. The average Bonchev–Trinajstić information content (AvgIpc) is 3.10. The van der Waals surface area contributed by atoms with Crippen molar-refractivity contribution in [3.63, 3.8) is 0 Å². The molecule has 0 saturated heterocycles. The molecule has 22 heavy (non-hydrogen) atoms. The maximum Gasteiger partial charge on any atom is 0.274 e. The second-order valence-corrected chi connectivity index (χ2v) is 4.94. The maximum absolute atomic E-state index is 13.7. The van der Waals surface area contributed by atoms with E-state index in [-0.39, 0.29) is 17.4 Å². The van der Waals surface area contributed by atoms with E-state index in [1.807, 2.05) is 24.3 Å². The molecule has 0 aliphatic carbocycles. The van der Waals surface area contributed by atoms with E-state index in [4.69, 9.17) is 0 Å². The average molecular weight is 294 g/mol. The lowest BCUT2D eigenvalue weighted by Crippen LogP contribution is -2.13. The van der Waals surface area contributed by atoms with Crippen LogP contribution in [0, 0.1) is 5.82 Å². The highest BCUT2D eigenvalue weighted by Gasteiger charge is 2.13. The highest BCUT2D eigenvalue weighted by Crippen LogP contribution is 2.19. The molecule has 3 N–H and O–H groups in total. The molecule has 0 saturated carbocycles. The van der Waals surface area contributed by atoms with Gasteiger partial charge in [-0.2, -0.15) is 0 Å². The number of nitrogens with zero attached hydrogens (tertiary/aromatic N) is 1. The summed E-state index contributed by atoms with van der Waals surface area (Å²) < 4.78 is 13.7. The molecule has 0 atom stereocenters. The Morgan fingerprint density at radius 1 is 1.05 bits per heavy atom. The van der Waals surface area contributed by atoms with E-state index in [1.54, 1.807) is 12.1 Å². The van der Waals surface area contributed by atoms with Crippen LogP contribution in [0.15, 0.2) is 48.5 Å². The number of fused-ring (bicyclic) bond motifs is 2. The van der Waals surface area contributed by atoms with Crippen molar-refractivity contribution in [2.75, 3.05) is 5.32 Å². The highest BCUT2D eigenvalue weighted by atomic mass is 19.1. The standard InChI is InChI=1S/C16H11FN4O/c17-10-4-3-7-11-9(10)8-14(18-11)15(22)21-16-19-12-5-1-2-6-13(12)20-16/h1-8,18H,(H2,19,20,21,22). The van der Waals surface area contributed by atoms with Crippen molar-refractivity contribution in [2.45, 2.75) is 0 Å². The number of rotatable bonds is 2. The molecule has 1 amide bonds. The number of carbonyl (C=O) groups excluding carboxylic acids is 1. The van der Waals surface area contributed by atoms with E-state index in [0.29, 0.717) is 16.9 Å². The Labute approximate surface area is 124 Å². The van der Waals surface area contributed by atoms with Crippen LogP contribution in [0.2, 0.25) is 0 Å². The van der Waals surface area contributed by atoms with Crippen molar-refractivity contribution in [1.29, 1.82) is 0 Å². The Bertz CT molecular complexity index is 969. The molecule has 0 spiro atoms. The first-order valence-electron chi connectivity index (χ1n) is 6.74. The number of benzene rings is 2. The van der Waals surface area contributed by atoms with E-state index in [0.717, 1.165) is 11.0 Å². The van der Waals surface area contributed by atoms with Crippen LogP contribution in [-0.2, 0) is 0 Å². The smallest absolute Gasteiger partial charge is 0.274 e. The Morgan fingerprint density at radius 2 is 1.86 bits per heavy atom. The third-order valence-corrected chi connectivity index (χ3v) is 3.48. The molecule has 4 aromatic rings. The Kier molecular flexibility index (Phi) is 2.69. The Morgan fingerprint density at radius 3 is 2.68 bits per heavy atom. The van der Waals surface area contributed by atoms with E-state index >= 15 is 0 Å². The normalized spacial score (nSPS) is 11.1. The van der Waals surface area contributed by atoms with Gasteiger partial charge in [0.1, 0.15) is 11.5 Å². The van der Waals surface area contributed by atoms with Crippen LogP contribution >= 0.6 is 0 Å². The zero-order valence-corrected chi connectivity index (χ0v) is 11.4. The molecule has 4 rings (SSSR count).